The molecular weight excluding hydrogens is 481 g/mol. The molecule has 11 heteroatoms. The molecule has 1 N–H and O–H groups in total. The summed E-state index contributed by atoms with van der Waals surface area (Å²) >= 11 is 0. The number of nitrogens with one attached hydrogen (secondary N) is 1. The largest absolute Gasteiger partial charge is 0.369 e. The zero-order valence-corrected chi connectivity index (χ0v) is 19.9. The molecule has 1 aromatic carbocycles. The van der Waals surface area contributed by atoms with Gasteiger partial charge in [-0.2, -0.15) is 4.31 Å². The minimum Gasteiger partial charge on any atom is -0.369 e. The number of amides is 1. The summed E-state index contributed by atoms with van der Waals surface area (Å²) in [5.74, 6) is -1.71. The highest BCUT2D eigenvalue weighted by atomic mass is 32.2. The molecule has 7 nitrogen and oxygen atoms in total. The molecule has 2 atom stereocenters. The van der Waals surface area contributed by atoms with E-state index in [4.69, 9.17) is 0 Å². The van der Waals surface area contributed by atoms with Crippen molar-refractivity contribution in [2.45, 2.75) is 55.8 Å². The zero-order chi connectivity index (χ0) is 24.8. The Morgan fingerprint density at radius 2 is 1.80 bits per heavy atom. The normalized spacial score (nSPS) is 24.0. The lowest BCUT2D eigenvalue weighted by Crippen LogP contribution is -2.45. The van der Waals surface area contributed by atoms with Gasteiger partial charge in [0.15, 0.2) is 5.82 Å². The Balaban J connectivity index is 1.26. The second-order valence-corrected chi connectivity index (χ2v) is 11.6. The molecule has 1 saturated carbocycles. The van der Waals surface area contributed by atoms with Crippen LogP contribution in [-0.4, -0.2) is 55.5 Å². The first-order valence-electron chi connectivity index (χ1n) is 11.8. The molecule has 1 aliphatic carbocycles. The van der Waals surface area contributed by atoms with E-state index in [0.717, 1.165) is 60.7 Å². The Hall–Kier alpha value is -2.66. The number of hydrogen-bond acceptors (Lipinski definition) is 5. The SMILES string of the molecule is O=C(NCc1cc(N2CCC3(CC2)CC3)c(F)cn1)[C@H]1C[C@@H](F)CN1S(=O)(=O)c1ccc(F)cc1. The number of benzene rings is 1. The number of aromatic nitrogens is 1. The number of carbonyl (C=O) groups is 1. The van der Waals surface area contributed by atoms with Crippen LogP contribution in [0.2, 0.25) is 0 Å². The average molecular weight is 509 g/mol. The van der Waals surface area contributed by atoms with E-state index in [0.29, 0.717) is 16.8 Å². The Bertz CT molecular complexity index is 1210. The highest BCUT2D eigenvalue weighted by Crippen LogP contribution is 2.54. The first-order chi connectivity index (χ1) is 16.7. The topological polar surface area (TPSA) is 82.6 Å². The maximum Gasteiger partial charge on any atom is 0.243 e. The number of sulfonamides is 1. The summed E-state index contributed by atoms with van der Waals surface area (Å²) in [5, 5.41) is 2.62. The van der Waals surface area contributed by atoms with Gasteiger partial charge in [0, 0.05) is 26.1 Å². The minimum atomic E-state index is -4.20. The molecule has 1 aromatic heterocycles. The smallest absolute Gasteiger partial charge is 0.243 e. The quantitative estimate of drug-likeness (QED) is 0.648. The van der Waals surface area contributed by atoms with Crippen LogP contribution < -0.4 is 10.2 Å². The fraction of sp³-hybridized carbons (Fsp3) is 0.500. The number of piperidine rings is 1. The summed E-state index contributed by atoms with van der Waals surface area (Å²) in [5.41, 5.74) is 1.31. The monoisotopic (exact) mass is 508 g/mol. The lowest BCUT2D eigenvalue weighted by Gasteiger charge is -2.34. The van der Waals surface area contributed by atoms with Gasteiger partial charge in [0.1, 0.15) is 18.0 Å². The molecule has 5 rings (SSSR count). The number of anilines is 1. The molecule has 3 aliphatic rings. The molecule has 2 aromatic rings. The van der Waals surface area contributed by atoms with Crippen LogP contribution >= 0.6 is 0 Å². The average Bonchev–Trinajstić information content (AvgIpc) is 3.47. The van der Waals surface area contributed by atoms with E-state index in [9.17, 15) is 26.4 Å². The molecule has 1 amide bonds. The van der Waals surface area contributed by atoms with Crippen molar-refractivity contribution in [3.05, 3.63) is 53.9 Å². The summed E-state index contributed by atoms with van der Waals surface area (Å²) in [6, 6.07) is 4.50. The molecule has 2 saturated heterocycles. The van der Waals surface area contributed by atoms with Crippen molar-refractivity contribution < 1.29 is 26.4 Å². The highest BCUT2D eigenvalue weighted by Gasteiger charge is 2.45. The van der Waals surface area contributed by atoms with Crippen LogP contribution in [0.4, 0.5) is 18.9 Å². The molecule has 3 heterocycles. The van der Waals surface area contributed by atoms with E-state index >= 15 is 0 Å². The summed E-state index contributed by atoms with van der Waals surface area (Å²) in [6.45, 7) is 1.01. The van der Waals surface area contributed by atoms with Crippen LogP contribution in [0.25, 0.3) is 0 Å². The van der Waals surface area contributed by atoms with Gasteiger partial charge >= 0.3 is 0 Å². The van der Waals surface area contributed by atoms with Crippen molar-refractivity contribution in [3.63, 3.8) is 0 Å². The van der Waals surface area contributed by atoms with E-state index in [1.54, 1.807) is 6.07 Å². The zero-order valence-electron chi connectivity index (χ0n) is 19.1. The molecule has 3 fully saturated rings. The van der Waals surface area contributed by atoms with Gasteiger partial charge in [0.05, 0.1) is 29.0 Å². The first kappa shape index (κ1) is 24.1. The molecule has 1 spiro atoms. The van der Waals surface area contributed by atoms with Gasteiger partial charge in [0.25, 0.3) is 0 Å². The molecule has 0 radical (unpaired) electrons. The van der Waals surface area contributed by atoms with Crippen molar-refractivity contribution >= 4 is 21.6 Å². The van der Waals surface area contributed by atoms with Gasteiger partial charge in [-0.3, -0.25) is 9.78 Å². The van der Waals surface area contributed by atoms with Gasteiger partial charge in [0.2, 0.25) is 15.9 Å². The van der Waals surface area contributed by atoms with E-state index < -0.39 is 46.3 Å². The van der Waals surface area contributed by atoms with Crippen molar-refractivity contribution in [2.75, 3.05) is 24.5 Å². The van der Waals surface area contributed by atoms with Crippen LogP contribution in [0.1, 0.15) is 37.8 Å². The highest BCUT2D eigenvalue weighted by molar-refractivity contribution is 7.89. The Labute approximate surface area is 202 Å². The molecule has 35 heavy (non-hydrogen) atoms. The van der Waals surface area contributed by atoms with Gasteiger partial charge in [-0.15, -0.1) is 0 Å². The third kappa shape index (κ3) is 4.88. The fourth-order valence-corrected chi connectivity index (χ4v) is 6.63. The third-order valence-electron chi connectivity index (χ3n) is 7.38. The van der Waals surface area contributed by atoms with Crippen molar-refractivity contribution in [3.8, 4) is 0 Å². The first-order valence-corrected chi connectivity index (χ1v) is 13.2. The van der Waals surface area contributed by atoms with Crippen LogP contribution in [0.5, 0.6) is 0 Å². The number of carbonyl (C=O) groups excluding carboxylic acids is 1. The molecule has 0 bridgehead atoms. The van der Waals surface area contributed by atoms with Crippen LogP contribution in [0.3, 0.4) is 0 Å². The number of rotatable bonds is 6. The van der Waals surface area contributed by atoms with E-state index in [2.05, 4.69) is 10.3 Å². The van der Waals surface area contributed by atoms with E-state index in [-0.39, 0.29) is 17.9 Å². The van der Waals surface area contributed by atoms with Crippen LogP contribution in [-0.2, 0) is 21.4 Å². The van der Waals surface area contributed by atoms with E-state index in [1.807, 2.05) is 4.90 Å². The van der Waals surface area contributed by atoms with Gasteiger partial charge in [-0.05, 0) is 61.4 Å². The fourth-order valence-electron chi connectivity index (χ4n) is 5.01. The van der Waals surface area contributed by atoms with Crippen LogP contribution in [0.15, 0.2) is 41.4 Å². The van der Waals surface area contributed by atoms with E-state index in [1.165, 1.54) is 12.8 Å². The predicted octanol–water partition coefficient (Wildman–Crippen LogP) is 3.16. The third-order valence-corrected chi connectivity index (χ3v) is 9.27. The lowest BCUT2D eigenvalue weighted by atomic mass is 9.93. The second kappa shape index (κ2) is 9.09. The van der Waals surface area contributed by atoms with Gasteiger partial charge in [-0.1, -0.05) is 0 Å². The standard InChI is InChI=1S/C24H27F3N4O3S/c25-16-1-3-19(4-2-16)35(33,34)31-15-17(26)11-22(31)23(32)29-13-18-12-21(20(27)14-28-18)30-9-7-24(5-6-24)8-10-30/h1-4,12,14,17,22H,5-11,13,15H2,(H,29,32)/t17-,22-/m1/s1. The van der Waals surface area contributed by atoms with Gasteiger partial charge in [-0.25, -0.2) is 21.6 Å². The summed E-state index contributed by atoms with van der Waals surface area (Å²) in [6.07, 6.45) is 3.87. The number of pyridine rings is 1. The van der Waals surface area contributed by atoms with Crippen molar-refractivity contribution in [1.82, 2.24) is 14.6 Å². The summed E-state index contributed by atoms with van der Waals surface area (Å²) < 4.78 is 68.7. The Morgan fingerprint density at radius 3 is 2.46 bits per heavy atom. The Kier molecular flexibility index (Phi) is 6.25. The van der Waals surface area contributed by atoms with Crippen molar-refractivity contribution in [1.29, 1.82) is 0 Å². The number of alkyl halides is 1. The molecule has 188 valence electrons. The minimum absolute atomic E-state index is 0.0538. The molecular formula is C24H27F3N4O3S. The summed E-state index contributed by atoms with van der Waals surface area (Å²) in [7, 11) is -4.20. The number of halogens is 3. The molecule has 0 unspecified atom stereocenters. The summed E-state index contributed by atoms with van der Waals surface area (Å²) in [4.78, 5) is 18.7. The number of hydrogen-bond donors (Lipinski definition) is 1. The molecule has 2 aliphatic heterocycles. The maximum absolute atomic E-state index is 14.5. The lowest BCUT2D eigenvalue weighted by molar-refractivity contribution is -0.124. The van der Waals surface area contributed by atoms with Crippen molar-refractivity contribution in [2.24, 2.45) is 5.41 Å². The Morgan fingerprint density at radius 1 is 1.11 bits per heavy atom. The van der Waals surface area contributed by atoms with Gasteiger partial charge < -0.3 is 10.2 Å². The van der Waals surface area contributed by atoms with Crippen LogP contribution in [0, 0.1) is 17.0 Å². The number of nitrogens with zero attached hydrogens (tertiary/aromatic N) is 3. The second-order valence-electron chi connectivity index (χ2n) is 9.71. The predicted molar refractivity (Wildman–Crippen MR) is 123 cm³/mol. The maximum atomic E-state index is 14.5.